The van der Waals surface area contributed by atoms with Crippen molar-refractivity contribution in [1.82, 2.24) is 0 Å². The number of amides is 1. The molecule has 0 aromatic heterocycles. The monoisotopic (exact) mass is 401 g/mol. The number of esters is 2. The lowest BCUT2D eigenvalue weighted by molar-refractivity contribution is -0.143. The molecule has 0 saturated heterocycles. The molecule has 1 atom stereocenters. The molecule has 1 aromatic rings. The van der Waals surface area contributed by atoms with Gasteiger partial charge in [0.15, 0.2) is 0 Å². The van der Waals surface area contributed by atoms with E-state index in [1.807, 2.05) is 0 Å². The molecular weight excluding hydrogens is 385 g/mol. The van der Waals surface area contributed by atoms with Crippen molar-refractivity contribution in [1.29, 1.82) is 0 Å². The van der Waals surface area contributed by atoms with E-state index in [0.717, 1.165) is 6.07 Å². The highest BCUT2D eigenvalue weighted by molar-refractivity contribution is 9.10. The number of nitrogens with zero attached hydrogens (tertiary/aromatic N) is 1. The third kappa shape index (κ3) is 3.28. The van der Waals surface area contributed by atoms with Gasteiger partial charge in [0.2, 0.25) is 5.91 Å². The van der Waals surface area contributed by atoms with Gasteiger partial charge in [0.05, 0.1) is 29.9 Å². The SMILES string of the molecule is COC(=O)CC(=O)N1c2c(C(=O)OC)cc(F)c(Br)c2CCC1C. The van der Waals surface area contributed by atoms with Crippen molar-refractivity contribution in [2.24, 2.45) is 0 Å². The van der Waals surface area contributed by atoms with Crippen molar-refractivity contribution in [3.8, 4) is 0 Å². The predicted octanol–water partition coefficient (Wildman–Crippen LogP) is 2.61. The standard InChI is InChI=1S/C16H17BrFNO5/c1-8-4-5-9-14(17)11(18)6-10(16(22)24-3)15(9)19(8)12(20)7-13(21)23-2/h6,8H,4-5,7H2,1-3H3. The summed E-state index contributed by atoms with van der Waals surface area (Å²) in [5.41, 5.74) is 0.743. The number of rotatable bonds is 3. The molecule has 2 rings (SSSR count). The summed E-state index contributed by atoms with van der Waals surface area (Å²) in [6.07, 6.45) is 0.597. The zero-order chi connectivity index (χ0) is 18.0. The van der Waals surface area contributed by atoms with Crippen molar-refractivity contribution in [3.63, 3.8) is 0 Å². The number of carbonyl (C=O) groups is 3. The quantitative estimate of drug-likeness (QED) is 0.574. The smallest absolute Gasteiger partial charge is 0.340 e. The Bertz CT molecular complexity index is 706. The van der Waals surface area contributed by atoms with E-state index < -0.39 is 30.1 Å². The van der Waals surface area contributed by atoms with Crippen LogP contribution < -0.4 is 4.90 Å². The van der Waals surface area contributed by atoms with Gasteiger partial charge in [-0.15, -0.1) is 0 Å². The van der Waals surface area contributed by atoms with E-state index in [2.05, 4.69) is 20.7 Å². The first-order chi connectivity index (χ1) is 11.3. The fourth-order valence-electron chi connectivity index (χ4n) is 2.79. The lowest BCUT2D eigenvalue weighted by Crippen LogP contribution is -2.44. The summed E-state index contributed by atoms with van der Waals surface area (Å²) < 4.78 is 23.6. The third-order valence-electron chi connectivity index (χ3n) is 3.98. The minimum absolute atomic E-state index is 0.0436. The summed E-state index contributed by atoms with van der Waals surface area (Å²) in [4.78, 5) is 37.4. The highest BCUT2D eigenvalue weighted by atomic mass is 79.9. The van der Waals surface area contributed by atoms with Gasteiger partial charge in [-0.05, 0) is 47.3 Å². The first-order valence-electron chi connectivity index (χ1n) is 7.29. The third-order valence-corrected chi connectivity index (χ3v) is 4.84. The van der Waals surface area contributed by atoms with Gasteiger partial charge in [-0.1, -0.05) is 0 Å². The van der Waals surface area contributed by atoms with Gasteiger partial charge < -0.3 is 14.4 Å². The zero-order valence-electron chi connectivity index (χ0n) is 13.5. The first-order valence-corrected chi connectivity index (χ1v) is 8.09. The summed E-state index contributed by atoms with van der Waals surface area (Å²) in [6.45, 7) is 1.80. The highest BCUT2D eigenvalue weighted by Gasteiger charge is 2.35. The summed E-state index contributed by atoms with van der Waals surface area (Å²) >= 11 is 3.18. The Morgan fingerprint density at radius 1 is 1.33 bits per heavy atom. The summed E-state index contributed by atoms with van der Waals surface area (Å²) in [5, 5.41) is 0. The van der Waals surface area contributed by atoms with Crippen LogP contribution in [0.5, 0.6) is 0 Å². The predicted molar refractivity (Wildman–Crippen MR) is 87.3 cm³/mol. The molecule has 0 fully saturated rings. The Labute approximate surface area is 147 Å². The average Bonchev–Trinajstić information content (AvgIpc) is 2.56. The van der Waals surface area contributed by atoms with Crippen LogP contribution in [0.25, 0.3) is 0 Å². The molecule has 130 valence electrons. The minimum Gasteiger partial charge on any atom is -0.469 e. The number of fused-ring (bicyclic) bond motifs is 1. The van der Waals surface area contributed by atoms with Crippen LogP contribution >= 0.6 is 15.9 Å². The molecule has 1 amide bonds. The molecule has 0 saturated carbocycles. The molecule has 0 bridgehead atoms. The van der Waals surface area contributed by atoms with Crippen LogP contribution in [-0.4, -0.2) is 38.1 Å². The lowest BCUT2D eigenvalue weighted by atomic mass is 9.93. The van der Waals surface area contributed by atoms with Gasteiger partial charge in [0.1, 0.15) is 12.2 Å². The molecule has 1 heterocycles. The largest absolute Gasteiger partial charge is 0.469 e. The van der Waals surface area contributed by atoms with Crippen LogP contribution in [0.3, 0.4) is 0 Å². The Hall–Kier alpha value is -1.96. The van der Waals surface area contributed by atoms with Gasteiger partial charge in [-0.25, -0.2) is 9.18 Å². The fraction of sp³-hybridized carbons (Fsp3) is 0.438. The molecule has 1 unspecified atom stereocenters. The molecule has 1 aromatic carbocycles. The van der Waals surface area contributed by atoms with Gasteiger partial charge in [0, 0.05) is 6.04 Å². The maximum absolute atomic E-state index is 14.1. The summed E-state index contributed by atoms with van der Waals surface area (Å²) in [6, 6.07) is 0.779. The molecular formula is C16H17BrFNO5. The molecule has 24 heavy (non-hydrogen) atoms. The van der Waals surface area contributed by atoms with Crippen LogP contribution in [0, 0.1) is 5.82 Å². The second kappa shape index (κ2) is 7.29. The summed E-state index contributed by atoms with van der Waals surface area (Å²) in [5.74, 6) is -2.55. The van der Waals surface area contributed by atoms with Gasteiger partial charge >= 0.3 is 11.9 Å². The van der Waals surface area contributed by atoms with E-state index in [4.69, 9.17) is 4.74 Å². The number of hydrogen-bond acceptors (Lipinski definition) is 5. The molecule has 0 aliphatic carbocycles. The highest BCUT2D eigenvalue weighted by Crippen LogP contribution is 2.40. The normalized spacial score (nSPS) is 16.4. The van der Waals surface area contributed by atoms with Crippen molar-refractivity contribution in [2.75, 3.05) is 19.1 Å². The van der Waals surface area contributed by atoms with Gasteiger partial charge in [-0.3, -0.25) is 9.59 Å². The molecule has 1 aliphatic rings. The number of anilines is 1. The topological polar surface area (TPSA) is 72.9 Å². The van der Waals surface area contributed by atoms with Crippen molar-refractivity contribution in [3.05, 3.63) is 27.5 Å². The van der Waals surface area contributed by atoms with Gasteiger partial charge in [-0.2, -0.15) is 0 Å². The number of halogens is 2. The number of ether oxygens (including phenoxy) is 2. The average molecular weight is 402 g/mol. The molecule has 0 spiro atoms. The maximum atomic E-state index is 14.1. The molecule has 6 nitrogen and oxygen atoms in total. The van der Waals surface area contributed by atoms with Crippen LogP contribution in [0.15, 0.2) is 10.5 Å². The summed E-state index contributed by atoms with van der Waals surface area (Å²) in [7, 11) is 2.37. The van der Waals surface area contributed by atoms with E-state index in [1.54, 1.807) is 6.92 Å². The van der Waals surface area contributed by atoms with Crippen molar-refractivity contribution in [2.45, 2.75) is 32.2 Å². The van der Waals surface area contributed by atoms with E-state index in [0.29, 0.717) is 18.4 Å². The molecule has 8 heteroatoms. The Balaban J connectivity index is 2.62. The number of methoxy groups -OCH3 is 2. The number of benzene rings is 1. The van der Waals surface area contributed by atoms with Crippen LogP contribution in [0.4, 0.5) is 10.1 Å². The van der Waals surface area contributed by atoms with Crippen molar-refractivity contribution < 1.29 is 28.2 Å². The van der Waals surface area contributed by atoms with Crippen LogP contribution in [0.2, 0.25) is 0 Å². The molecule has 1 aliphatic heterocycles. The Kier molecular flexibility index (Phi) is 5.58. The van der Waals surface area contributed by atoms with Crippen LogP contribution in [-0.2, 0) is 25.5 Å². The first kappa shape index (κ1) is 18.4. The second-order valence-electron chi connectivity index (χ2n) is 5.44. The molecule has 0 radical (unpaired) electrons. The minimum atomic E-state index is -0.748. The number of hydrogen-bond donors (Lipinski definition) is 0. The van der Waals surface area contributed by atoms with Crippen LogP contribution in [0.1, 0.15) is 35.7 Å². The lowest BCUT2D eigenvalue weighted by Gasteiger charge is -2.37. The zero-order valence-corrected chi connectivity index (χ0v) is 15.1. The Morgan fingerprint density at radius 2 is 2.00 bits per heavy atom. The van der Waals surface area contributed by atoms with E-state index in [-0.39, 0.29) is 21.8 Å². The second-order valence-corrected chi connectivity index (χ2v) is 6.24. The van der Waals surface area contributed by atoms with Gasteiger partial charge in [0.25, 0.3) is 0 Å². The van der Waals surface area contributed by atoms with E-state index in [1.165, 1.54) is 19.1 Å². The van der Waals surface area contributed by atoms with E-state index >= 15 is 0 Å². The van der Waals surface area contributed by atoms with E-state index in [9.17, 15) is 18.8 Å². The Morgan fingerprint density at radius 3 is 2.58 bits per heavy atom. The molecule has 0 N–H and O–H groups in total. The maximum Gasteiger partial charge on any atom is 0.340 e. The number of carbonyl (C=O) groups excluding carboxylic acids is 3. The van der Waals surface area contributed by atoms with Crippen molar-refractivity contribution >= 4 is 39.5 Å². The fourth-order valence-corrected chi connectivity index (χ4v) is 3.29.